The molecule has 3 rings (SSSR count). The number of hydrogen-bond acceptors (Lipinski definition) is 6. The largest absolute Gasteiger partial charge is 0.324 e. The van der Waals surface area contributed by atoms with Crippen molar-refractivity contribution in [3.8, 4) is 0 Å². The number of carbonyl (C=O) groups excluding carboxylic acids is 1. The molecule has 0 atom stereocenters. The van der Waals surface area contributed by atoms with Gasteiger partial charge in [-0.15, -0.1) is 5.10 Å². The predicted octanol–water partition coefficient (Wildman–Crippen LogP) is 3.49. The summed E-state index contributed by atoms with van der Waals surface area (Å²) < 4.78 is 27.2. The monoisotopic (exact) mass is 457 g/mol. The smallest absolute Gasteiger partial charge is 0.243 e. The maximum absolute atomic E-state index is 12.9. The van der Waals surface area contributed by atoms with E-state index in [0.717, 1.165) is 25.1 Å². The van der Waals surface area contributed by atoms with Crippen molar-refractivity contribution in [1.29, 1.82) is 0 Å². The average Bonchev–Trinajstić information content (AvgIpc) is 3.18. The summed E-state index contributed by atoms with van der Waals surface area (Å²) in [4.78, 5) is 16.8. The molecule has 2 N–H and O–H groups in total. The van der Waals surface area contributed by atoms with Gasteiger partial charge < -0.3 is 5.32 Å². The van der Waals surface area contributed by atoms with Crippen molar-refractivity contribution in [2.45, 2.75) is 49.1 Å². The van der Waals surface area contributed by atoms with Gasteiger partial charge in [-0.05, 0) is 31.0 Å². The number of rotatable bonds is 7. The molecular weight excluding hydrogens is 434 g/mol. The van der Waals surface area contributed by atoms with Crippen LogP contribution in [-0.2, 0) is 14.8 Å². The van der Waals surface area contributed by atoms with Gasteiger partial charge in [-0.1, -0.05) is 43.6 Å². The number of amides is 1. The van der Waals surface area contributed by atoms with Crippen LogP contribution in [0.3, 0.4) is 0 Å². The Balaban J connectivity index is 1.66. The minimum absolute atomic E-state index is 0.0782. The molecule has 29 heavy (non-hydrogen) atoms. The molecule has 158 valence electrons. The zero-order chi connectivity index (χ0) is 21.0. The first kappa shape index (κ1) is 22.1. The number of sulfonamides is 1. The van der Waals surface area contributed by atoms with Crippen molar-refractivity contribution in [3.63, 3.8) is 0 Å². The number of halogens is 1. The van der Waals surface area contributed by atoms with Crippen molar-refractivity contribution in [2.75, 3.05) is 24.2 Å². The number of H-pyrrole nitrogens is 1. The Bertz CT molecular complexity index is 972. The van der Waals surface area contributed by atoms with E-state index in [2.05, 4.69) is 20.5 Å². The van der Waals surface area contributed by atoms with E-state index >= 15 is 0 Å². The van der Waals surface area contributed by atoms with E-state index < -0.39 is 10.0 Å². The summed E-state index contributed by atoms with van der Waals surface area (Å²) in [5.74, 6) is 0.732. The van der Waals surface area contributed by atoms with Crippen molar-refractivity contribution in [2.24, 2.45) is 0 Å². The highest BCUT2D eigenvalue weighted by Gasteiger charge is 2.26. The third-order valence-electron chi connectivity index (χ3n) is 4.53. The number of piperidine rings is 1. The topological polar surface area (TPSA) is 108 Å². The van der Waals surface area contributed by atoms with E-state index in [1.165, 1.54) is 34.3 Å². The molecule has 1 saturated heterocycles. The van der Waals surface area contributed by atoms with Crippen LogP contribution in [0.4, 0.5) is 5.69 Å². The van der Waals surface area contributed by atoms with Gasteiger partial charge in [-0.25, -0.2) is 13.4 Å². The van der Waals surface area contributed by atoms with Crippen LogP contribution in [0.5, 0.6) is 0 Å². The van der Waals surface area contributed by atoms with E-state index in [9.17, 15) is 13.2 Å². The maximum atomic E-state index is 12.9. The number of benzene rings is 1. The fraction of sp³-hybridized carbons (Fsp3) is 0.500. The molecule has 1 aromatic carbocycles. The van der Waals surface area contributed by atoms with Gasteiger partial charge in [-0.3, -0.25) is 9.89 Å². The molecule has 0 unspecified atom stereocenters. The highest BCUT2D eigenvalue weighted by molar-refractivity contribution is 7.99. The van der Waals surface area contributed by atoms with Gasteiger partial charge >= 0.3 is 0 Å². The van der Waals surface area contributed by atoms with Crippen LogP contribution in [0.25, 0.3) is 0 Å². The second-order valence-corrected chi connectivity index (χ2v) is 10.4. The predicted molar refractivity (Wildman–Crippen MR) is 114 cm³/mol. The number of nitrogens with one attached hydrogen (secondary N) is 2. The molecule has 1 aliphatic rings. The van der Waals surface area contributed by atoms with E-state index in [0.29, 0.717) is 18.2 Å². The zero-order valence-corrected chi connectivity index (χ0v) is 18.7. The first-order valence-electron chi connectivity index (χ1n) is 9.42. The minimum atomic E-state index is -3.60. The summed E-state index contributed by atoms with van der Waals surface area (Å²) >= 11 is 7.36. The summed E-state index contributed by atoms with van der Waals surface area (Å²) in [7, 11) is -3.60. The zero-order valence-electron chi connectivity index (χ0n) is 16.3. The van der Waals surface area contributed by atoms with Crippen molar-refractivity contribution < 1.29 is 13.2 Å². The molecule has 0 spiro atoms. The van der Waals surface area contributed by atoms with Gasteiger partial charge in [-0.2, -0.15) is 4.31 Å². The molecule has 2 aromatic rings. The quantitative estimate of drug-likeness (QED) is 0.616. The van der Waals surface area contributed by atoms with Crippen LogP contribution in [0.15, 0.2) is 28.3 Å². The first-order chi connectivity index (χ1) is 13.8. The molecule has 0 bridgehead atoms. The summed E-state index contributed by atoms with van der Waals surface area (Å²) in [6.07, 6.45) is 2.75. The van der Waals surface area contributed by atoms with Crippen LogP contribution >= 0.6 is 23.4 Å². The Morgan fingerprint density at radius 1 is 1.31 bits per heavy atom. The van der Waals surface area contributed by atoms with Crippen LogP contribution in [0.2, 0.25) is 5.02 Å². The lowest BCUT2D eigenvalue weighted by Crippen LogP contribution is -2.35. The number of aromatic amines is 1. The molecule has 0 radical (unpaired) electrons. The average molecular weight is 458 g/mol. The summed E-state index contributed by atoms with van der Waals surface area (Å²) in [5.41, 5.74) is 0.271. The molecular formula is C18H24ClN5O3S2. The highest BCUT2D eigenvalue weighted by Crippen LogP contribution is 2.28. The molecule has 1 aliphatic heterocycles. The number of hydrogen-bond donors (Lipinski definition) is 2. The van der Waals surface area contributed by atoms with E-state index in [4.69, 9.17) is 11.6 Å². The van der Waals surface area contributed by atoms with E-state index in [1.807, 2.05) is 13.8 Å². The van der Waals surface area contributed by atoms with Crippen LogP contribution in [0, 0.1) is 0 Å². The molecule has 0 saturated carbocycles. The highest BCUT2D eigenvalue weighted by atomic mass is 35.5. The van der Waals surface area contributed by atoms with Crippen LogP contribution in [-0.4, -0.2) is 52.7 Å². The molecule has 1 aromatic heterocycles. The van der Waals surface area contributed by atoms with Crippen molar-refractivity contribution >= 4 is 45.0 Å². The van der Waals surface area contributed by atoms with Gasteiger partial charge in [0.05, 0.1) is 21.4 Å². The van der Waals surface area contributed by atoms with E-state index in [1.54, 1.807) is 0 Å². The molecule has 1 amide bonds. The van der Waals surface area contributed by atoms with Gasteiger partial charge in [0.2, 0.25) is 21.1 Å². The minimum Gasteiger partial charge on any atom is -0.324 e. The SMILES string of the molecule is CC(C)c1nc(SCC(=O)Nc2cc(S(=O)(=O)N3CCCCC3)ccc2Cl)n[nH]1. The number of thioether (sulfide) groups is 1. The van der Waals surface area contributed by atoms with Gasteiger partial charge in [0, 0.05) is 19.0 Å². The maximum Gasteiger partial charge on any atom is 0.243 e. The van der Waals surface area contributed by atoms with Gasteiger partial charge in [0.25, 0.3) is 0 Å². The van der Waals surface area contributed by atoms with E-state index in [-0.39, 0.29) is 33.2 Å². The molecule has 11 heteroatoms. The summed E-state index contributed by atoms with van der Waals surface area (Å²) in [6.45, 7) is 5.01. The van der Waals surface area contributed by atoms with Gasteiger partial charge in [0.15, 0.2) is 0 Å². The Hall–Kier alpha value is -1.62. The molecule has 0 aliphatic carbocycles. The second kappa shape index (κ2) is 9.46. The summed E-state index contributed by atoms with van der Waals surface area (Å²) in [6, 6.07) is 4.38. The standard InChI is InChI=1S/C18H24ClN5O3S2/c1-12(2)17-21-18(23-22-17)28-11-16(25)20-15-10-13(6-7-14(15)19)29(26,27)24-8-4-3-5-9-24/h6-7,10,12H,3-5,8-9,11H2,1-2H3,(H,20,25)(H,21,22,23). The number of nitrogens with zero attached hydrogens (tertiary/aromatic N) is 3. The molecule has 8 nitrogen and oxygen atoms in total. The third-order valence-corrected chi connectivity index (χ3v) is 7.60. The molecule has 1 fully saturated rings. The normalized spacial score (nSPS) is 15.6. The fourth-order valence-corrected chi connectivity index (χ4v) is 5.23. The Kier molecular flexibility index (Phi) is 7.20. The second-order valence-electron chi connectivity index (χ2n) is 7.10. The fourth-order valence-electron chi connectivity index (χ4n) is 2.91. The summed E-state index contributed by atoms with van der Waals surface area (Å²) in [5, 5.41) is 10.4. The number of anilines is 1. The first-order valence-corrected chi connectivity index (χ1v) is 12.2. The molecule has 2 heterocycles. The van der Waals surface area contributed by atoms with Crippen molar-refractivity contribution in [1.82, 2.24) is 19.5 Å². The van der Waals surface area contributed by atoms with Crippen LogP contribution in [0.1, 0.15) is 44.9 Å². The lowest BCUT2D eigenvalue weighted by Gasteiger charge is -2.26. The van der Waals surface area contributed by atoms with Gasteiger partial charge in [0.1, 0.15) is 5.82 Å². The Labute approximate surface area is 179 Å². The Morgan fingerprint density at radius 2 is 2.03 bits per heavy atom. The Morgan fingerprint density at radius 3 is 2.69 bits per heavy atom. The number of aromatic nitrogens is 3. The lowest BCUT2D eigenvalue weighted by molar-refractivity contribution is -0.113. The van der Waals surface area contributed by atoms with Crippen LogP contribution < -0.4 is 5.32 Å². The third kappa shape index (κ3) is 5.50. The van der Waals surface area contributed by atoms with Crippen molar-refractivity contribution in [3.05, 3.63) is 29.0 Å². The lowest BCUT2D eigenvalue weighted by atomic mass is 10.2. The number of carbonyl (C=O) groups is 1.